The van der Waals surface area contributed by atoms with E-state index in [-0.39, 0.29) is 6.03 Å². The smallest absolute Gasteiger partial charge is 0.315 e. The highest BCUT2D eigenvalue weighted by molar-refractivity contribution is 5.73. The topological polar surface area (TPSA) is 69.8 Å². The summed E-state index contributed by atoms with van der Waals surface area (Å²) in [6.45, 7) is 1.19. The first-order valence-electron chi connectivity index (χ1n) is 6.38. The van der Waals surface area contributed by atoms with Gasteiger partial charge in [0.05, 0.1) is 0 Å². The molecule has 1 aromatic carbocycles. The maximum atomic E-state index is 11.5. The van der Waals surface area contributed by atoms with Crippen molar-refractivity contribution in [2.75, 3.05) is 6.54 Å². The molecule has 0 fully saturated rings. The Bertz CT molecular complexity index is 481. The Kier molecular flexibility index (Phi) is 4.98. The Hall–Kier alpha value is -2.30. The van der Waals surface area contributed by atoms with Crippen LogP contribution in [-0.4, -0.2) is 22.5 Å². The van der Waals surface area contributed by atoms with Gasteiger partial charge >= 0.3 is 6.03 Å². The molecule has 5 nitrogen and oxygen atoms in total. The lowest BCUT2D eigenvalue weighted by molar-refractivity contribution is 0.240. The maximum absolute atomic E-state index is 11.5. The van der Waals surface area contributed by atoms with Gasteiger partial charge in [-0.05, 0) is 12.0 Å². The molecule has 3 N–H and O–H groups in total. The Morgan fingerprint density at radius 3 is 2.79 bits per heavy atom. The molecule has 0 saturated heterocycles. The highest BCUT2D eigenvalue weighted by atomic mass is 16.2. The highest BCUT2D eigenvalue weighted by Crippen LogP contribution is 1.97. The fourth-order valence-corrected chi connectivity index (χ4v) is 1.73. The molecule has 100 valence electrons. The predicted octanol–water partition coefficient (Wildman–Crippen LogP) is 1.84. The van der Waals surface area contributed by atoms with Crippen LogP contribution in [0.4, 0.5) is 4.79 Å². The largest absolute Gasteiger partial charge is 0.349 e. The molecule has 5 heteroatoms. The number of aromatic amines is 1. The van der Waals surface area contributed by atoms with Gasteiger partial charge in [0.1, 0.15) is 5.82 Å². The molecule has 2 amide bonds. The number of rotatable bonds is 6. The number of hydrogen-bond donors (Lipinski definition) is 3. The van der Waals surface area contributed by atoms with Crippen molar-refractivity contribution in [3.05, 3.63) is 54.1 Å². The van der Waals surface area contributed by atoms with Gasteiger partial charge in [-0.2, -0.15) is 0 Å². The van der Waals surface area contributed by atoms with E-state index in [1.165, 1.54) is 0 Å². The van der Waals surface area contributed by atoms with Crippen LogP contribution in [0.15, 0.2) is 42.7 Å². The number of nitrogens with one attached hydrogen (secondary N) is 3. The highest BCUT2D eigenvalue weighted by Gasteiger charge is 2.00. The molecule has 0 atom stereocenters. The van der Waals surface area contributed by atoms with Crippen molar-refractivity contribution in [1.82, 2.24) is 20.6 Å². The molecule has 0 unspecified atom stereocenters. The number of urea groups is 1. The third-order valence-corrected chi connectivity index (χ3v) is 2.73. The minimum Gasteiger partial charge on any atom is -0.349 e. The molecule has 0 bridgehead atoms. The molecule has 0 radical (unpaired) electrons. The van der Waals surface area contributed by atoms with Crippen molar-refractivity contribution in [3.8, 4) is 0 Å². The zero-order valence-electron chi connectivity index (χ0n) is 10.7. The van der Waals surface area contributed by atoms with E-state index in [2.05, 4.69) is 20.6 Å². The molecule has 1 aromatic heterocycles. The van der Waals surface area contributed by atoms with Crippen molar-refractivity contribution in [1.29, 1.82) is 0 Å². The summed E-state index contributed by atoms with van der Waals surface area (Å²) in [4.78, 5) is 18.7. The third kappa shape index (κ3) is 4.83. The van der Waals surface area contributed by atoms with Crippen LogP contribution in [-0.2, 0) is 13.0 Å². The number of H-pyrrole nitrogens is 1. The molecule has 19 heavy (non-hydrogen) atoms. The van der Waals surface area contributed by atoms with E-state index in [9.17, 15) is 4.79 Å². The van der Waals surface area contributed by atoms with E-state index in [0.29, 0.717) is 13.1 Å². The summed E-state index contributed by atoms with van der Waals surface area (Å²) in [5.74, 6) is 0.950. The van der Waals surface area contributed by atoms with Gasteiger partial charge in [-0.15, -0.1) is 0 Å². The average Bonchev–Trinajstić information content (AvgIpc) is 2.96. The molecule has 2 aromatic rings. The molecule has 0 saturated carbocycles. The molecule has 0 spiro atoms. The van der Waals surface area contributed by atoms with Crippen LogP contribution < -0.4 is 10.6 Å². The Balaban J connectivity index is 1.57. The van der Waals surface area contributed by atoms with Crippen LogP contribution in [0, 0.1) is 0 Å². The summed E-state index contributed by atoms with van der Waals surface area (Å²) in [5.41, 5.74) is 1.09. The van der Waals surface area contributed by atoms with Crippen LogP contribution >= 0.6 is 0 Å². The molecular weight excluding hydrogens is 240 g/mol. The van der Waals surface area contributed by atoms with E-state index < -0.39 is 0 Å². The standard InChI is InChI=1S/C14H18N4O/c19-14(18-11-12-5-2-1-3-6-12)17-8-4-7-13-15-9-10-16-13/h1-3,5-6,9-10H,4,7-8,11H2,(H,15,16)(H2,17,18,19). The Morgan fingerprint density at radius 2 is 2.05 bits per heavy atom. The van der Waals surface area contributed by atoms with Gasteiger partial charge in [0.25, 0.3) is 0 Å². The van der Waals surface area contributed by atoms with E-state index in [1.54, 1.807) is 12.4 Å². The second-order valence-corrected chi connectivity index (χ2v) is 4.23. The number of aryl methyl sites for hydroxylation is 1. The zero-order chi connectivity index (χ0) is 13.3. The van der Waals surface area contributed by atoms with Gasteiger partial charge in [0.2, 0.25) is 0 Å². The maximum Gasteiger partial charge on any atom is 0.315 e. The average molecular weight is 258 g/mol. The van der Waals surface area contributed by atoms with Crippen molar-refractivity contribution in [2.45, 2.75) is 19.4 Å². The zero-order valence-corrected chi connectivity index (χ0v) is 10.7. The summed E-state index contributed by atoms with van der Waals surface area (Å²) in [5, 5.41) is 5.64. The Labute approximate surface area is 112 Å². The van der Waals surface area contributed by atoms with Crippen LogP contribution in [0.3, 0.4) is 0 Å². The molecule has 0 aliphatic heterocycles. The van der Waals surface area contributed by atoms with Crippen LogP contribution in [0.1, 0.15) is 17.8 Å². The first-order chi connectivity index (χ1) is 9.34. The lowest BCUT2D eigenvalue weighted by Crippen LogP contribution is -2.35. The predicted molar refractivity (Wildman–Crippen MR) is 73.6 cm³/mol. The van der Waals surface area contributed by atoms with Crippen molar-refractivity contribution < 1.29 is 4.79 Å². The number of carbonyl (C=O) groups is 1. The fraction of sp³-hybridized carbons (Fsp3) is 0.286. The van der Waals surface area contributed by atoms with E-state index in [4.69, 9.17) is 0 Å². The number of nitrogens with zero attached hydrogens (tertiary/aromatic N) is 1. The third-order valence-electron chi connectivity index (χ3n) is 2.73. The lowest BCUT2D eigenvalue weighted by atomic mass is 10.2. The molecule has 0 aliphatic carbocycles. The van der Waals surface area contributed by atoms with Crippen molar-refractivity contribution in [3.63, 3.8) is 0 Å². The normalized spacial score (nSPS) is 10.1. The summed E-state index contributed by atoms with van der Waals surface area (Å²) in [6.07, 6.45) is 5.24. The number of amides is 2. The van der Waals surface area contributed by atoms with Crippen molar-refractivity contribution in [2.24, 2.45) is 0 Å². The summed E-state index contributed by atoms with van der Waals surface area (Å²) >= 11 is 0. The second kappa shape index (κ2) is 7.20. The minimum atomic E-state index is -0.136. The monoisotopic (exact) mass is 258 g/mol. The Morgan fingerprint density at radius 1 is 1.21 bits per heavy atom. The van der Waals surface area contributed by atoms with Gasteiger partial charge in [-0.25, -0.2) is 9.78 Å². The van der Waals surface area contributed by atoms with E-state index in [0.717, 1.165) is 24.2 Å². The van der Waals surface area contributed by atoms with E-state index >= 15 is 0 Å². The number of hydrogen-bond acceptors (Lipinski definition) is 2. The summed E-state index contributed by atoms with van der Waals surface area (Å²) in [7, 11) is 0. The first kappa shape index (κ1) is 13.1. The second-order valence-electron chi connectivity index (χ2n) is 4.23. The molecule has 0 aliphatic rings. The fourth-order valence-electron chi connectivity index (χ4n) is 1.73. The minimum absolute atomic E-state index is 0.136. The van der Waals surface area contributed by atoms with Gasteiger partial charge in [-0.3, -0.25) is 0 Å². The molecule has 2 rings (SSSR count). The van der Waals surface area contributed by atoms with E-state index in [1.807, 2.05) is 30.3 Å². The van der Waals surface area contributed by atoms with Crippen LogP contribution in [0.5, 0.6) is 0 Å². The molecule has 1 heterocycles. The number of carbonyl (C=O) groups excluding carboxylic acids is 1. The number of imidazole rings is 1. The summed E-state index contributed by atoms with van der Waals surface area (Å²) in [6, 6.07) is 9.70. The van der Waals surface area contributed by atoms with Gasteiger partial charge in [-0.1, -0.05) is 30.3 Å². The van der Waals surface area contributed by atoms with Gasteiger partial charge in [0.15, 0.2) is 0 Å². The van der Waals surface area contributed by atoms with Crippen LogP contribution in [0.25, 0.3) is 0 Å². The molecular formula is C14H18N4O. The first-order valence-corrected chi connectivity index (χ1v) is 6.38. The lowest BCUT2D eigenvalue weighted by Gasteiger charge is -2.07. The van der Waals surface area contributed by atoms with Crippen molar-refractivity contribution >= 4 is 6.03 Å². The van der Waals surface area contributed by atoms with Gasteiger partial charge < -0.3 is 15.6 Å². The van der Waals surface area contributed by atoms with Crippen LogP contribution in [0.2, 0.25) is 0 Å². The number of benzene rings is 1. The quantitative estimate of drug-likeness (QED) is 0.692. The van der Waals surface area contributed by atoms with Gasteiger partial charge in [0, 0.05) is 31.9 Å². The summed E-state index contributed by atoms with van der Waals surface area (Å²) < 4.78 is 0. The SMILES string of the molecule is O=C(NCCCc1ncc[nH]1)NCc1ccccc1. The number of aromatic nitrogens is 2.